The molecular formula is C10H10F3. The lowest BCUT2D eigenvalue weighted by molar-refractivity contribution is -0.137. The van der Waals surface area contributed by atoms with Gasteiger partial charge in [-0.1, -0.05) is 26.0 Å². The molecule has 0 atom stereocenters. The summed E-state index contributed by atoms with van der Waals surface area (Å²) in [5.74, 6) is 1.01. The molecule has 0 aliphatic heterocycles. The van der Waals surface area contributed by atoms with Crippen molar-refractivity contribution >= 4 is 0 Å². The third-order valence-electron chi connectivity index (χ3n) is 1.79. The molecular weight excluding hydrogens is 177 g/mol. The zero-order valence-corrected chi connectivity index (χ0v) is 7.44. The van der Waals surface area contributed by atoms with Crippen LogP contribution < -0.4 is 0 Å². The van der Waals surface area contributed by atoms with Crippen LogP contribution in [0.15, 0.2) is 24.3 Å². The molecule has 0 saturated carbocycles. The van der Waals surface area contributed by atoms with Gasteiger partial charge in [-0.3, -0.25) is 0 Å². The number of halogens is 3. The van der Waals surface area contributed by atoms with E-state index in [1.807, 2.05) is 13.8 Å². The van der Waals surface area contributed by atoms with Gasteiger partial charge in [0.15, 0.2) is 0 Å². The van der Waals surface area contributed by atoms with Gasteiger partial charge in [-0.05, 0) is 23.6 Å². The fourth-order valence-electron chi connectivity index (χ4n) is 0.993. The molecule has 0 N–H and O–H groups in total. The summed E-state index contributed by atoms with van der Waals surface area (Å²) in [7, 11) is 0. The van der Waals surface area contributed by atoms with Crippen molar-refractivity contribution in [1.82, 2.24) is 0 Å². The predicted molar refractivity (Wildman–Crippen MR) is 45.1 cm³/mol. The van der Waals surface area contributed by atoms with Crippen LogP contribution in [0.25, 0.3) is 0 Å². The van der Waals surface area contributed by atoms with Crippen LogP contribution >= 0.6 is 0 Å². The number of hydrogen-bond donors (Lipinski definition) is 0. The van der Waals surface area contributed by atoms with Crippen molar-refractivity contribution in [2.24, 2.45) is 0 Å². The van der Waals surface area contributed by atoms with E-state index in [0.29, 0.717) is 0 Å². The second-order valence-electron chi connectivity index (χ2n) is 3.08. The maximum Gasteiger partial charge on any atom is 0.416 e. The first kappa shape index (κ1) is 10.1. The monoisotopic (exact) mass is 187 g/mol. The number of rotatable bonds is 1. The first-order chi connectivity index (χ1) is 5.91. The van der Waals surface area contributed by atoms with Gasteiger partial charge in [0.1, 0.15) is 0 Å². The maximum absolute atomic E-state index is 12.1. The quantitative estimate of drug-likeness (QED) is 0.629. The summed E-state index contributed by atoms with van der Waals surface area (Å²) in [6.07, 6.45) is -4.24. The van der Waals surface area contributed by atoms with Crippen molar-refractivity contribution in [2.45, 2.75) is 20.0 Å². The average molecular weight is 187 g/mol. The second-order valence-corrected chi connectivity index (χ2v) is 3.08. The molecule has 3 heteroatoms. The fourth-order valence-corrected chi connectivity index (χ4v) is 0.993. The molecule has 0 aromatic heterocycles. The Morgan fingerprint density at radius 1 is 1.00 bits per heavy atom. The van der Waals surface area contributed by atoms with Crippen molar-refractivity contribution in [3.8, 4) is 0 Å². The highest BCUT2D eigenvalue weighted by Gasteiger charge is 2.29. The zero-order chi connectivity index (χ0) is 10.1. The van der Waals surface area contributed by atoms with Crippen LogP contribution in [0, 0.1) is 5.92 Å². The van der Waals surface area contributed by atoms with Gasteiger partial charge in [-0.2, -0.15) is 13.2 Å². The fraction of sp³-hybridized carbons (Fsp3) is 0.300. The molecule has 13 heavy (non-hydrogen) atoms. The molecule has 0 saturated heterocycles. The lowest BCUT2D eigenvalue weighted by Gasteiger charge is -2.08. The smallest absolute Gasteiger partial charge is 0.166 e. The third kappa shape index (κ3) is 2.47. The van der Waals surface area contributed by atoms with Crippen LogP contribution in [-0.2, 0) is 6.18 Å². The van der Waals surface area contributed by atoms with Crippen molar-refractivity contribution < 1.29 is 13.2 Å². The van der Waals surface area contributed by atoms with E-state index < -0.39 is 11.7 Å². The Hall–Kier alpha value is -0.990. The van der Waals surface area contributed by atoms with Crippen LogP contribution in [0.1, 0.15) is 25.0 Å². The van der Waals surface area contributed by atoms with E-state index in [0.717, 1.165) is 23.6 Å². The summed E-state index contributed by atoms with van der Waals surface area (Å²) in [6.45, 7) is 3.73. The van der Waals surface area contributed by atoms with Gasteiger partial charge in [-0.15, -0.1) is 0 Å². The van der Waals surface area contributed by atoms with Crippen LogP contribution in [0.5, 0.6) is 0 Å². The highest BCUT2D eigenvalue weighted by Crippen LogP contribution is 2.29. The highest BCUT2D eigenvalue weighted by atomic mass is 19.4. The molecule has 0 aliphatic rings. The molecule has 0 fully saturated rings. The molecule has 1 rings (SSSR count). The van der Waals surface area contributed by atoms with Gasteiger partial charge >= 0.3 is 6.18 Å². The Balaban J connectivity index is 2.94. The van der Waals surface area contributed by atoms with E-state index in [-0.39, 0.29) is 0 Å². The van der Waals surface area contributed by atoms with E-state index in [1.165, 1.54) is 12.1 Å². The van der Waals surface area contributed by atoms with E-state index in [4.69, 9.17) is 0 Å². The average Bonchev–Trinajstić information content (AvgIpc) is 2.03. The summed E-state index contributed by atoms with van der Waals surface area (Å²) in [6, 6.07) is 5.17. The molecule has 0 bridgehead atoms. The molecule has 0 nitrogen and oxygen atoms in total. The molecule has 1 radical (unpaired) electrons. The largest absolute Gasteiger partial charge is 0.416 e. The van der Waals surface area contributed by atoms with E-state index in [1.54, 1.807) is 0 Å². The molecule has 0 aliphatic carbocycles. The number of alkyl halides is 3. The molecule has 0 unspecified atom stereocenters. The Labute approximate surface area is 75.4 Å². The SMILES string of the molecule is C[C](C)c1ccc(C(F)(F)F)cc1. The van der Waals surface area contributed by atoms with Crippen LogP contribution in [0.2, 0.25) is 0 Å². The van der Waals surface area contributed by atoms with Gasteiger partial charge in [0.05, 0.1) is 5.56 Å². The molecule has 1 aromatic rings. The van der Waals surface area contributed by atoms with Crippen molar-refractivity contribution in [3.63, 3.8) is 0 Å². The Bertz CT molecular complexity index is 269. The van der Waals surface area contributed by atoms with E-state index in [9.17, 15) is 13.2 Å². The van der Waals surface area contributed by atoms with Gasteiger partial charge in [0.25, 0.3) is 0 Å². The lowest BCUT2D eigenvalue weighted by atomic mass is 10.0. The summed E-state index contributed by atoms with van der Waals surface area (Å²) in [5.41, 5.74) is 0.241. The Kier molecular flexibility index (Phi) is 2.64. The summed E-state index contributed by atoms with van der Waals surface area (Å²) >= 11 is 0. The zero-order valence-electron chi connectivity index (χ0n) is 7.44. The maximum atomic E-state index is 12.1. The third-order valence-corrected chi connectivity index (χ3v) is 1.79. The first-order valence-corrected chi connectivity index (χ1v) is 3.89. The summed E-state index contributed by atoms with van der Waals surface area (Å²) < 4.78 is 36.3. The number of hydrogen-bond acceptors (Lipinski definition) is 0. The van der Waals surface area contributed by atoms with Crippen LogP contribution in [0.4, 0.5) is 13.2 Å². The number of benzene rings is 1. The van der Waals surface area contributed by atoms with E-state index in [2.05, 4.69) is 0 Å². The highest BCUT2D eigenvalue weighted by molar-refractivity contribution is 5.32. The van der Waals surface area contributed by atoms with Crippen molar-refractivity contribution in [3.05, 3.63) is 41.3 Å². The minimum Gasteiger partial charge on any atom is -0.166 e. The molecule has 0 heterocycles. The second kappa shape index (κ2) is 3.40. The van der Waals surface area contributed by atoms with Gasteiger partial charge in [0, 0.05) is 0 Å². The lowest BCUT2D eigenvalue weighted by Crippen LogP contribution is -2.04. The molecule has 71 valence electrons. The van der Waals surface area contributed by atoms with Crippen LogP contribution in [-0.4, -0.2) is 0 Å². The van der Waals surface area contributed by atoms with Crippen molar-refractivity contribution in [2.75, 3.05) is 0 Å². The first-order valence-electron chi connectivity index (χ1n) is 3.89. The normalized spacial score (nSPS) is 12.2. The minimum atomic E-state index is -4.24. The predicted octanol–water partition coefficient (Wildman–Crippen LogP) is 3.67. The van der Waals surface area contributed by atoms with Gasteiger partial charge in [-0.25, -0.2) is 0 Å². The summed E-state index contributed by atoms with van der Waals surface area (Å²) in [4.78, 5) is 0. The molecule has 0 spiro atoms. The van der Waals surface area contributed by atoms with Gasteiger partial charge in [0.2, 0.25) is 0 Å². The standard InChI is InChI=1S/C10H10F3/c1-7(2)8-3-5-9(6-4-8)10(11,12)13/h3-6H,1-2H3. The minimum absolute atomic E-state index is 0.600. The Morgan fingerprint density at radius 3 is 1.77 bits per heavy atom. The summed E-state index contributed by atoms with van der Waals surface area (Å²) in [5, 5.41) is 0. The Morgan fingerprint density at radius 2 is 1.46 bits per heavy atom. The molecule has 0 amide bonds. The van der Waals surface area contributed by atoms with Crippen LogP contribution in [0.3, 0.4) is 0 Å². The van der Waals surface area contributed by atoms with Crippen molar-refractivity contribution in [1.29, 1.82) is 0 Å². The molecule has 1 aromatic carbocycles. The van der Waals surface area contributed by atoms with Gasteiger partial charge < -0.3 is 0 Å². The topological polar surface area (TPSA) is 0 Å². The van der Waals surface area contributed by atoms with E-state index >= 15 is 0 Å².